The Bertz CT molecular complexity index is 462. The molecule has 2 rings (SSSR count). The zero-order chi connectivity index (χ0) is 10.1. The lowest BCUT2D eigenvalue weighted by molar-refractivity contribution is 0.632. The molecule has 2 N–H and O–H groups in total. The quantitative estimate of drug-likeness (QED) is 0.712. The monoisotopic (exact) mass is 207 g/mol. The average Bonchev–Trinajstić information content (AvgIpc) is 2.56. The normalized spacial score (nSPS) is 10.4. The lowest BCUT2D eigenvalue weighted by atomic mass is 10.1. The molecule has 2 aromatic rings. The number of nitrogens with two attached hydrogens (primary N) is 1. The molecule has 1 nitrogen and oxygen atoms in total. The summed E-state index contributed by atoms with van der Waals surface area (Å²) in [6.45, 7) is 1.97. The van der Waals surface area contributed by atoms with E-state index in [2.05, 4.69) is 0 Å². The Balaban J connectivity index is 2.62. The van der Waals surface area contributed by atoms with Gasteiger partial charge in [0.1, 0.15) is 5.82 Å². The topological polar surface area (TPSA) is 26.0 Å². The van der Waals surface area contributed by atoms with Gasteiger partial charge in [-0.3, -0.25) is 0 Å². The molecule has 1 aromatic heterocycles. The first-order valence-corrected chi connectivity index (χ1v) is 5.16. The van der Waals surface area contributed by atoms with Crippen LogP contribution in [-0.2, 0) is 0 Å². The summed E-state index contributed by atoms with van der Waals surface area (Å²) in [5.41, 5.74) is 7.89. The predicted octanol–water partition coefficient (Wildman–Crippen LogP) is 3.44. The number of thiophene rings is 1. The van der Waals surface area contributed by atoms with E-state index in [-0.39, 0.29) is 5.82 Å². The van der Waals surface area contributed by atoms with Crippen molar-refractivity contribution in [3.05, 3.63) is 41.0 Å². The SMILES string of the molecule is Cc1ccsc1-c1cc(N)ccc1F. The summed E-state index contributed by atoms with van der Waals surface area (Å²) in [5.74, 6) is -0.218. The summed E-state index contributed by atoms with van der Waals surface area (Å²) in [6.07, 6.45) is 0. The first-order valence-electron chi connectivity index (χ1n) is 4.28. The van der Waals surface area contributed by atoms with E-state index in [9.17, 15) is 4.39 Å². The second-order valence-corrected chi connectivity index (χ2v) is 4.09. The van der Waals surface area contributed by atoms with Gasteiger partial charge in [-0.2, -0.15) is 0 Å². The standard InChI is InChI=1S/C11H10FNS/c1-7-4-5-14-11(7)9-6-8(13)2-3-10(9)12/h2-6H,13H2,1H3. The van der Waals surface area contributed by atoms with Crippen molar-refractivity contribution in [2.45, 2.75) is 6.92 Å². The average molecular weight is 207 g/mol. The van der Waals surface area contributed by atoms with Crippen LogP contribution in [0.2, 0.25) is 0 Å². The summed E-state index contributed by atoms with van der Waals surface area (Å²) < 4.78 is 13.5. The molecule has 1 heterocycles. The van der Waals surface area contributed by atoms with E-state index >= 15 is 0 Å². The molecule has 0 aliphatic rings. The number of benzene rings is 1. The number of aryl methyl sites for hydroxylation is 1. The van der Waals surface area contributed by atoms with Gasteiger partial charge in [0, 0.05) is 16.1 Å². The van der Waals surface area contributed by atoms with Crippen LogP contribution in [0.3, 0.4) is 0 Å². The van der Waals surface area contributed by atoms with E-state index < -0.39 is 0 Å². The number of nitrogen functional groups attached to an aromatic ring is 1. The van der Waals surface area contributed by atoms with Gasteiger partial charge in [-0.05, 0) is 42.1 Å². The zero-order valence-electron chi connectivity index (χ0n) is 7.75. The van der Waals surface area contributed by atoms with E-state index in [1.165, 1.54) is 17.4 Å². The van der Waals surface area contributed by atoms with E-state index in [1.54, 1.807) is 12.1 Å². The molecule has 1 aromatic carbocycles. The van der Waals surface area contributed by atoms with Gasteiger partial charge >= 0.3 is 0 Å². The maximum Gasteiger partial charge on any atom is 0.132 e. The van der Waals surface area contributed by atoms with Crippen molar-refractivity contribution in [1.29, 1.82) is 0 Å². The van der Waals surface area contributed by atoms with Gasteiger partial charge in [-0.25, -0.2) is 4.39 Å². The predicted molar refractivity (Wildman–Crippen MR) is 58.9 cm³/mol. The number of hydrogen-bond donors (Lipinski definition) is 1. The lowest BCUT2D eigenvalue weighted by Crippen LogP contribution is -1.88. The van der Waals surface area contributed by atoms with Gasteiger partial charge in [0.05, 0.1) is 0 Å². The minimum atomic E-state index is -0.218. The fourth-order valence-electron chi connectivity index (χ4n) is 1.37. The summed E-state index contributed by atoms with van der Waals surface area (Å²) >= 11 is 1.53. The third kappa shape index (κ3) is 1.51. The molecule has 0 bridgehead atoms. The van der Waals surface area contributed by atoms with Crippen molar-refractivity contribution < 1.29 is 4.39 Å². The second-order valence-electron chi connectivity index (χ2n) is 3.17. The number of hydrogen-bond acceptors (Lipinski definition) is 2. The first kappa shape index (κ1) is 9.21. The van der Waals surface area contributed by atoms with Crippen LogP contribution >= 0.6 is 11.3 Å². The summed E-state index contributed by atoms with van der Waals surface area (Å²) in [5, 5.41) is 1.95. The van der Waals surface area contributed by atoms with Crippen molar-refractivity contribution in [3.63, 3.8) is 0 Å². The maximum absolute atomic E-state index is 13.5. The molecule has 0 saturated heterocycles. The largest absolute Gasteiger partial charge is 0.399 e. The van der Waals surface area contributed by atoms with Crippen LogP contribution in [0.1, 0.15) is 5.56 Å². The van der Waals surface area contributed by atoms with Crippen LogP contribution in [0.15, 0.2) is 29.6 Å². The van der Waals surface area contributed by atoms with Gasteiger partial charge in [0.2, 0.25) is 0 Å². The molecular formula is C11H10FNS. The molecule has 0 fully saturated rings. The third-order valence-electron chi connectivity index (χ3n) is 2.10. The zero-order valence-corrected chi connectivity index (χ0v) is 8.57. The Hall–Kier alpha value is -1.35. The maximum atomic E-state index is 13.5. The fraction of sp³-hybridized carbons (Fsp3) is 0.0909. The van der Waals surface area contributed by atoms with Crippen LogP contribution in [0, 0.1) is 12.7 Å². The Morgan fingerprint density at radius 1 is 1.29 bits per heavy atom. The Morgan fingerprint density at radius 3 is 2.71 bits per heavy atom. The minimum absolute atomic E-state index is 0.218. The highest BCUT2D eigenvalue weighted by Gasteiger charge is 2.08. The number of halogens is 1. The van der Waals surface area contributed by atoms with Crippen molar-refractivity contribution in [1.82, 2.24) is 0 Å². The van der Waals surface area contributed by atoms with Crippen LogP contribution in [0.25, 0.3) is 10.4 Å². The fourth-order valence-corrected chi connectivity index (χ4v) is 2.31. The van der Waals surface area contributed by atoms with Crippen LogP contribution in [-0.4, -0.2) is 0 Å². The molecular weight excluding hydrogens is 197 g/mol. The van der Waals surface area contributed by atoms with Crippen molar-refractivity contribution in [3.8, 4) is 10.4 Å². The van der Waals surface area contributed by atoms with Gasteiger partial charge in [-0.1, -0.05) is 0 Å². The first-order chi connectivity index (χ1) is 6.68. The number of rotatable bonds is 1. The van der Waals surface area contributed by atoms with E-state index in [1.807, 2.05) is 18.4 Å². The molecule has 0 aliphatic heterocycles. The molecule has 0 saturated carbocycles. The summed E-state index contributed by atoms with van der Waals surface area (Å²) in [7, 11) is 0. The highest BCUT2D eigenvalue weighted by atomic mass is 32.1. The van der Waals surface area contributed by atoms with E-state index in [0.717, 1.165) is 10.4 Å². The lowest BCUT2D eigenvalue weighted by Gasteiger charge is -2.03. The van der Waals surface area contributed by atoms with Gasteiger partial charge in [-0.15, -0.1) is 11.3 Å². The molecule has 0 radical (unpaired) electrons. The van der Waals surface area contributed by atoms with Crippen LogP contribution in [0.5, 0.6) is 0 Å². The second kappa shape index (κ2) is 3.42. The van der Waals surface area contributed by atoms with Crippen LogP contribution < -0.4 is 5.73 Å². The summed E-state index contributed by atoms with van der Waals surface area (Å²) in [6, 6.07) is 6.63. The summed E-state index contributed by atoms with van der Waals surface area (Å²) in [4.78, 5) is 0.954. The van der Waals surface area contributed by atoms with Crippen molar-refractivity contribution >= 4 is 17.0 Å². The van der Waals surface area contributed by atoms with Gasteiger partial charge < -0.3 is 5.73 Å². The Morgan fingerprint density at radius 2 is 2.07 bits per heavy atom. The molecule has 3 heteroatoms. The van der Waals surface area contributed by atoms with E-state index in [4.69, 9.17) is 5.73 Å². The Kier molecular flexibility index (Phi) is 2.25. The third-order valence-corrected chi connectivity index (χ3v) is 3.15. The Labute approximate surface area is 86.0 Å². The molecule has 0 unspecified atom stereocenters. The van der Waals surface area contributed by atoms with Crippen molar-refractivity contribution in [2.24, 2.45) is 0 Å². The van der Waals surface area contributed by atoms with Gasteiger partial charge in [0.15, 0.2) is 0 Å². The molecule has 14 heavy (non-hydrogen) atoms. The highest BCUT2D eigenvalue weighted by Crippen LogP contribution is 2.32. The molecule has 72 valence electrons. The molecule has 0 atom stereocenters. The molecule has 0 aliphatic carbocycles. The minimum Gasteiger partial charge on any atom is -0.399 e. The van der Waals surface area contributed by atoms with Crippen LogP contribution in [0.4, 0.5) is 10.1 Å². The molecule has 0 spiro atoms. The smallest absolute Gasteiger partial charge is 0.132 e. The van der Waals surface area contributed by atoms with Crippen molar-refractivity contribution in [2.75, 3.05) is 5.73 Å². The molecule has 0 amide bonds. The van der Waals surface area contributed by atoms with E-state index in [0.29, 0.717) is 11.3 Å². The number of anilines is 1. The van der Waals surface area contributed by atoms with Gasteiger partial charge in [0.25, 0.3) is 0 Å². The highest BCUT2D eigenvalue weighted by molar-refractivity contribution is 7.13.